The number of hydrogen-bond donors (Lipinski definition) is 1. The molecule has 0 bridgehead atoms. The highest BCUT2D eigenvalue weighted by Gasteiger charge is 2.45. The van der Waals surface area contributed by atoms with Crippen LogP contribution in [-0.2, 0) is 0 Å². The van der Waals surface area contributed by atoms with Crippen LogP contribution in [0.15, 0.2) is 0 Å². The molecule has 0 aromatic carbocycles. The normalized spacial score (nSPS) is 28.7. The number of alkyl halides is 3. The molecule has 0 aromatic rings. The van der Waals surface area contributed by atoms with Gasteiger partial charge in [-0.1, -0.05) is 33.1 Å². The Morgan fingerprint density at radius 1 is 1.10 bits per heavy atom. The van der Waals surface area contributed by atoms with Crippen molar-refractivity contribution in [2.45, 2.75) is 76.6 Å². The van der Waals surface area contributed by atoms with Crippen molar-refractivity contribution in [3.05, 3.63) is 0 Å². The molecule has 0 aromatic heterocycles. The summed E-state index contributed by atoms with van der Waals surface area (Å²) in [6, 6.07) is 0.235. The molecule has 0 amide bonds. The minimum atomic E-state index is -4.11. The van der Waals surface area contributed by atoms with E-state index in [0.29, 0.717) is 19.0 Å². The van der Waals surface area contributed by atoms with Crippen LogP contribution in [0, 0.1) is 5.92 Å². The van der Waals surface area contributed by atoms with Crippen molar-refractivity contribution in [3.63, 3.8) is 0 Å². The van der Waals surface area contributed by atoms with E-state index in [1.807, 2.05) is 13.8 Å². The molecule has 5 heteroatoms. The zero-order valence-electron chi connectivity index (χ0n) is 13.3. The molecule has 1 heterocycles. The summed E-state index contributed by atoms with van der Waals surface area (Å²) in [4.78, 5) is 1.72. The van der Waals surface area contributed by atoms with Crippen molar-refractivity contribution in [2.75, 3.05) is 19.6 Å². The largest absolute Gasteiger partial charge is 0.401 e. The molecule has 1 saturated carbocycles. The molecule has 0 radical (unpaired) electrons. The second-order valence-electron chi connectivity index (χ2n) is 6.81. The van der Waals surface area contributed by atoms with Crippen molar-refractivity contribution >= 4 is 0 Å². The van der Waals surface area contributed by atoms with Crippen LogP contribution in [0.3, 0.4) is 0 Å². The maximum absolute atomic E-state index is 13.0. The summed E-state index contributed by atoms with van der Waals surface area (Å²) in [7, 11) is 0. The molecule has 2 fully saturated rings. The summed E-state index contributed by atoms with van der Waals surface area (Å²) >= 11 is 0. The number of rotatable bonds is 4. The van der Waals surface area contributed by atoms with Gasteiger partial charge in [0, 0.05) is 24.7 Å². The molecule has 1 unspecified atom stereocenters. The minimum Gasteiger partial charge on any atom is -0.311 e. The van der Waals surface area contributed by atoms with Gasteiger partial charge in [-0.25, -0.2) is 0 Å². The van der Waals surface area contributed by atoms with Crippen LogP contribution in [0.25, 0.3) is 0 Å². The first-order chi connectivity index (χ1) is 9.90. The maximum Gasteiger partial charge on any atom is 0.401 e. The third-order valence-corrected chi connectivity index (χ3v) is 5.69. The lowest BCUT2D eigenvalue weighted by Gasteiger charge is -2.51. The van der Waals surface area contributed by atoms with Crippen LogP contribution >= 0.6 is 0 Å². The third kappa shape index (κ3) is 4.13. The first-order valence-electron chi connectivity index (χ1n) is 8.45. The predicted octanol–water partition coefficient (Wildman–Crippen LogP) is 3.96. The highest BCUT2D eigenvalue weighted by molar-refractivity contribution is 5.00. The van der Waals surface area contributed by atoms with E-state index in [4.69, 9.17) is 0 Å². The van der Waals surface area contributed by atoms with E-state index in [0.717, 1.165) is 12.8 Å². The van der Waals surface area contributed by atoms with Gasteiger partial charge < -0.3 is 5.32 Å². The van der Waals surface area contributed by atoms with Gasteiger partial charge in [-0.2, -0.15) is 13.2 Å². The fraction of sp³-hybridized carbons (Fsp3) is 1.00. The van der Waals surface area contributed by atoms with Gasteiger partial charge in [0.2, 0.25) is 0 Å². The second kappa shape index (κ2) is 6.86. The lowest BCUT2D eigenvalue weighted by molar-refractivity contribution is -0.166. The fourth-order valence-electron chi connectivity index (χ4n) is 4.18. The average molecular weight is 306 g/mol. The molecule has 21 heavy (non-hydrogen) atoms. The molecule has 1 atom stereocenters. The van der Waals surface area contributed by atoms with E-state index in [2.05, 4.69) is 5.32 Å². The number of piperazine rings is 1. The highest BCUT2D eigenvalue weighted by atomic mass is 19.4. The molecule has 1 N–H and O–H groups in total. The Morgan fingerprint density at radius 2 is 1.71 bits per heavy atom. The maximum atomic E-state index is 13.0. The zero-order chi connectivity index (χ0) is 15.5. The van der Waals surface area contributed by atoms with E-state index in [1.165, 1.54) is 32.1 Å². The summed E-state index contributed by atoms with van der Waals surface area (Å²) in [5.74, 6) is 0.557. The molecule has 124 valence electrons. The highest BCUT2D eigenvalue weighted by Crippen LogP contribution is 2.34. The number of nitrogens with one attached hydrogen (secondary N) is 1. The molecule has 2 rings (SSSR count). The SMILES string of the molecule is CCC1(CC)CNC(C2CCCCC2)CN1CC(F)(F)F. The summed E-state index contributed by atoms with van der Waals surface area (Å²) in [5.41, 5.74) is -0.333. The molecule has 1 saturated heterocycles. The van der Waals surface area contributed by atoms with Gasteiger partial charge in [-0.15, -0.1) is 0 Å². The van der Waals surface area contributed by atoms with Crippen LogP contribution in [0.1, 0.15) is 58.8 Å². The predicted molar refractivity (Wildman–Crippen MR) is 79.3 cm³/mol. The minimum absolute atomic E-state index is 0.235. The molecular weight excluding hydrogens is 277 g/mol. The Labute approximate surface area is 126 Å². The topological polar surface area (TPSA) is 15.3 Å². The van der Waals surface area contributed by atoms with E-state index in [-0.39, 0.29) is 11.6 Å². The van der Waals surface area contributed by atoms with E-state index < -0.39 is 12.7 Å². The Balaban J connectivity index is 2.08. The quantitative estimate of drug-likeness (QED) is 0.845. The van der Waals surface area contributed by atoms with Gasteiger partial charge in [0.15, 0.2) is 0 Å². The van der Waals surface area contributed by atoms with Gasteiger partial charge in [0.25, 0.3) is 0 Å². The Morgan fingerprint density at radius 3 is 2.24 bits per heavy atom. The van der Waals surface area contributed by atoms with Crippen molar-refractivity contribution < 1.29 is 13.2 Å². The van der Waals surface area contributed by atoms with Gasteiger partial charge in [-0.3, -0.25) is 4.90 Å². The van der Waals surface area contributed by atoms with Crippen LogP contribution in [0.4, 0.5) is 13.2 Å². The summed E-state index contributed by atoms with van der Waals surface area (Å²) in [6.45, 7) is 4.49. The second-order valence-corrected chi connectivity index (χ2v) is 6.81. The molecule has 0 spiro atoms. The third-order valence-electron chi connectivity index (χ3n) is 5.69. The molecular formula is C16H29F3N2. The number of halogens is 3. The standard InChI is InChI=1S/C16H29F3N2/c1-3-15(4-2)11-20-14(13-8-6-5-7-9-13)10-21(15)12-16(17,18)19/h13-14,20H,3-12H2,1-2H3. The Bertz CT molecular complexity index is 320. The number of hydrogen-bond acceptors (Lipinski definition) is 2. The summed E-state index contributed by atoms with van der Waals surface area (Å²) in [5, 5.41) is 3.59. The van der Waals surface area contributed by atoms with Gasteiger partial charge >= 0.3 is 6.18 Å². The van der Waals surface area contributed by atoms with E-state index in [9.17, 15) is 13.2 Å². The van der Waals surface area contributed by atoms with E-state index in [1.54, 1.807) is 4.90 Å². The fourth-order valence-corrected chi connectivity index (χ4v) is 4.18. The van der Waals surface area contributed by atoms with E-state index >= 15 is 0 Å². The van der Waals surface area contributed by atoms with Crippen LogP contribution in [0.5, 0.6) is 0 Å². The first kappa shape index (κ1) is 17.1. The molecule has 1 aliphatic heterocycles. The monoisotopic (exact) mass is 306 g/mol. The lowest BCUT2D eigenvalue weighted by Crippen LogP contribution is -2.67. The zero-order valence-corrected chi connectivity index (χ0v) is 13.3. The first-order valence-corrected chi connectivity index (χ1v) is 8.45. The van der Waals surface area contributed by atoms with Crippen molar-refractivity contribution in [3.8, 4) is 0 Å². The smallest absolute Gasteiger partial charge is 0.311 e. The van der Waals surface area contributed by atoms with Gasteiger partial charge in [0.05, 0.1) is 6.54 Å². The molecule has 2 nitrogen and oxygen atoms in total. The summed E-state index contributed by atoms with van der Waals surface area (Å²) < 4.78 is 38.9. The van der Waals surface area contributed by atoms with Crippen LogP contribution < -0.4 is 5.32 Å². The Kier molecular flexibility index (Phi) is 5.58. The molecule has 2 aliphatic rings. The summed E-state index contributed by atoms with van der Waals surface area (Å²) in [6.07, 6.45) is 3.51. The van der Waals surface area contributed by atoms with Gasteiger partial charge in [-0.05, 0) is 31.6 Å². The van der Waals surface area contributed by atoms with Crippen molar-refractivity contribution in [1.82, 2.24) is 10.2 Å². The van der Waals surface area contributed by atoms with Crippen LogP contribution in [-0.4, -0.2) is 42.3 Å². The lowest BCUT2D eigenvalue weighted by atomic mass is 9.79. The molecule has 1 aliphatic carbocycles. The van der Waals surface area contributed by atoms with Gasteiger partial charge in [0.1, 0.15) is 0 Å². The van der Waals surface area contributed by atoms with Crippen molar-refractivity contribution in [1.29, 1.82) is 0 Å². The number of nitrogens with zero attached hydrogens (tertiary/aromatic N) is 1. The van der Waals surface area contributed by atoms with Crippen LogP contribution in [0.2, 0.25) is 0 Å². The Hall–Kier alpha value is -0.290. The average Bonchev–Trinajstić information content (AvgIpc) is 2.47. The van der Waals surface area contributed by atoms with Crippen molar-refractivity contribution in [2.24, 2.45) is 5.92 Å².